The average molecular weight is 346 g/mol. The third kappa shape index (κ3) is 3.25. The molecule has 7 heteroatoms. The second-order valence-electron chi connectivity index (χ2n) is 4.09. The van der Waals surface area contributed by atoms with Gasteiger partial charge in [0.05, 0.1) is 5.88 Å². The number of hydrogen-bond acceptors (Lipinski definition) is 3. The Morgan fingerprint density at radius 1 is 1.58 bits per heavy atom. The SMILES string of the molecule is CCCNC(=O)Cn1c(CCl)nc2cc(Br)cnc21. The number of imidazole rings is 1. The highest BCUT2D eigenvalue weighted by Gasteiger charge is 2.14. The highest BCUT2D eigenvalue weighted by molar-refractivity contribution is 9.10. The van der Waals surface area contributed by atoms with Crippen molar-refractivity contribution in [2.75, 3.05) is 6.54 Å². The van der Waals surface area contributed by atoms with E-state index in [4.69, 9.17) is 11.6 Å². The highest BCUT2D eigenvalue weighted by atomic mass is 79.9. The van der Waals surface area contributed by atoms with Gasteiger partial charge in [-0.2, -0.15) is 0 Å². The van der Waals surface area contributed by atoms with E-state index in [1.807, 2.05) is 13.0 Å². The van der Waals surface area contributed by atoms with Crippen LogP contribution in [-0.2, 0) is 17.2 Å². The number of amides is 1. The molecule has 19 heavy (non-hydrogen) atoms. The number of nitrogens with one attached hydrogen (secondary N) is 1. The number of carbonyl (C=O) groups is 1. The molecule has 0 unspecified atom stereocenters. The molecule has 0 saturated carbocycles. The molecular formula is C12H14BrClN4O. The van der Waals surface area contributed by atoms with Gasteiger partial charge in [-0.3, -0.25) is 4.79 Å². The molecule has 0 radical (unpaired) electrons. The van der Waals surface area contributed by atoms with E-state index >= 15 is 0 Å². The van der Waals surface area contributed by atoms with Crippen molar-refractivity contribution in [3.05, 3.63) is 22.6 Å². The van der Waals surface area contributed by atoms with Gasteiger partial charge in [-0.25, -0.2) is 9.97 Å². The van der Waals surface area contributed by atoms with Crippen molar-refractivity contribution < 1.29 is 4.79 Å². The second kappa shape index (κ2) is 6.34. The summed E-state index contributed by atoms with van der Waals surface area (Å²) in [6.45, 7) is 2.87. The maximum atomic E-state index is 11.8. The van der Waals surface area contributed by atoms with E-state index in [0.717, 1.165) is 16.4 Å². The Kier molecular flexibility index (Phi) is 4.76. The molecule has 0 aliphatic rings. The number of fused-ring (bicyclic) bond motifs is 1. The van der Waals surface area contributed by atoms with Crippen LogP contribution in [0.5, 0.6) is 0 Å². The van der Waals surface area contributed by atoms with Gasteiger partial charge in [0.1, 0.15) is 17.9 Å². The Morgan fingerprint density at radius 2 is 2.37 bits per heavy atom. The van der Waals surface area contributed by atoms with Crippen molar-refractivity contribution in [1.82, 2.24) is 19.9 Å². The summed E-state index contributed by atoms with van der Waals surface area (Å²) in [5.74, 6) is 0.834. The van der Waals surface area contributed by atoms with Crippen molar-refractivity contribution in [2.24, 2.45) is 0 Å². The number of halogens is 2. The van der Waals surface area contributed by atoms with E-state index in [0.29, 0.717) is 18.0 Å². The van der Waals surface area contributed by atoms with Gasteiger partial charge in [0.25, 0.3) is 0 Å². The molecule has 2 aromatic heterocycles. The summed E-state index contributed by atoms with van der Waals surface area (Å²) in [7, 11) is 0. The van der Waals surface area contributed by atoms with Gasteiger partial charge >= 0.3 is 0 Å². The molecule has 0 aliphatic heterocycles. The summed E-state index contributed by atoms with van der Waals surface area (Å²) < 4.78 is 2.60. The molecule has 102 valence electrons. The Balaban J connectivity index is 2.32. The lowest BCUT2D eigenvalue weighted by Gasteiger charge is -2.07. The van der Waals surface area contributed by atoms with Crippen LogP contribution in [0.4, 0.5) is 0 Å². The molecule has 0 spiro atoms. The predicted molar refractivity (Wildman–Crippen MR) is 78.1 cm³/mol. The van der Waals surface area contributed by atoms with Gasteiger partial charge in [0, 0.05) is 17.2 Å². The van der Waals surface area contributed by atoms with Gasteiger partial charge in [0.15, 0.2) is 5.65 Å². The first-order valence-corrected chi connectivity index (χ1v) is 7.31. The van der Waals surface area contributed by atoms with Gasteiger partial charge < -0.3 is 9.88 Å². The van der Waals surface area contributed by atoms with Crippen LogP contribution in [0, 0.1) is 0 Å². The first-order valence-electron chi connectivity index (χ1n) is 5.99. The third-order valence-corrected chi connectivity index (χ3v) is 3.30. The van der Waals surface area contributed by atoms with E-state index < -0.39 is 0 Å². The normalized spacial score (nSPS) is 10.9. The van der Waals surface area contributed by atoms with E-state index in [-0.39, 0.29) is 18.3 Å². The van der Waals surface area contributed by atoms with Gasteiger partial charge in [-0.05, 0) is 28.4 Å². The zero-order valence-corrected chi connectivity index (χ0v) is 12.8. The fourth-order valence-corrected chi connectivity index (χ4v) is 2.29. The molecule has 0 fully saturated rings. The number of aromatic nitrogens is 3. The quantitative estimate of drug-likeness (QED) is 0.847. The molecule has 0 aromatic carbocycles. The largest absolute Gasteiger partial charge is 0.355 e. The lowest BCUT2D eigenvalue weighted by Crippen LogP contribution is -2.28. The van der Waals surface area contributed by atoms with Crippen LogP contribution in [0.1, 0.15) is 19.2 Å². The standard InChI is InChI=1S/C12H14BrClN4O/c1-2-3-15-11(19)7-18-10(5-14)17-9-4-8(13)6-16-12(9)18/h4,6H,2-3,5,7H2,1H3,(H,15,19). The highest BCUT2D eigenvalue weighted by Crippen LogP contribution is 2.19. The minimum absolute atomic E-state index is 0.0581. The third-order valence-electron chi connectivity index (χ3n) is 2.62. The topological polar surface area (TPSA) is 59.8 Å². The van der Waals surface area contributed by atoms with Crippen LogP contribution < -0.4 is 5.32 Å². The monoisotopic (exact) mass is 344 g/mol. The van der Waals surface area contributed by atoms with Crippen LogP contribution in [0.15, 0.2) is 16.7 Å². The average Bonchev–Trinajstić information content (AvgIpc) is 2.73. The zero-order chi connectivity index (χ0) is 13.8. The molecule has 0 saturated heterocycles. The van der Waals surface area contributed by atoms with Crippen LogP contribution in [0.3, 0.4) is 0 Å². The predicted octanol–water partition coefficient (Wildman–Crippen LogP) is 2.46. The fourth-order valence-electron chi connectivity index (χ4n) is 1.77. The van der Waals surface area contributed by atoms with Crippen molar-refractivity contribution in [1.29, 1.82) is 0 Å². The molecular weight excluding hydrogens is 332 g/mol. The first kappa shape index (κ1) is 14.3. The van der Waals surface area contributed by atoms with Gasteiger partial charge in [-0.15, -0.1) is 11.6 Å². The lowest BCUT2D eigenvalue weighted by atomic mass is 10.4. The van der Waals surface area contributed by atoms with Crippen molar-refractivity contribution in [3.63, 3.8) is 0 Å². The maximum Gasteiger partial charge on any atom is 0.240 e. The van der Waals surface area contributed by atoms with E-state index in [1.165, 1.54) is 0 Å². The van der Waals surface area contributed by atoms with Gasteiger partial charge in [0.2, 0.25) is 5.91 Å². The van der Waals surface area contributed by atoms with Crippen LogP contribution in [0.2, 0.25) is 0 Å². The van der Waals surface area contributed by atoms with Crippen molar-refractivity contribution in [3.8, 4) is 0 Å². The van der Waals surface area contributed by atoms with Crippen molar-refractivity contribution in [2.45, 2.75) is 25.8 Å². The summed E-state index contributed by atoms with van der Waals surface area (Å²) in [4.78, 5) is 20.5. The first-order chi connectivity index (χ1) is 9.15. The number of pyridine rings is 1. The molecule has 0 atom stereocenters. The summed E-state index contributed by atoms with van der Waals surface area (Å²) in [5, 5.41) is 2.83. The number of nitrogens with zero attached hydrogens (tertiary/aromatic N) is 3. The summed E-state index contributed by atoms with van der Waals surface area (Å²) >= 11 is 9.23. The van der Waals surface area contributed by atoms with E-state index in [2.05, 4.69) is 31.2 Å². The number of carbonyl (C=O) groups excluding carboxylic acids is 1. The summed E-state index contributed by atoms with van der Waals surface area (Å²) in [6, 6.07) is 1.86. The van der Waals surface area contributed by atoms with Crippen molar-refractivity contribution >= 4 is 44.6 Å². The number of hydrogen-bond donors (Lipinski definition) is 1. The van der Waals surface area contributed by atoms with Crippen LogP contribution >= 0.6 is 27.5 Å². The van der Waals surface area contributed by atoms with Crippen LogP contribution in [-0.4, -0.2) is 27.0 Å². The molecule has 2 heterocycles. The Labute approximate surface area is 124 Å². The Morgan fingerprint density at radius 3 is 3.05 bits per heavy atom. The number of rotatable bonds is 5. The van der Waals surface area contributed by atoms with E-state index in [1.54, 1.807) is 10.8 Å². The zero-order valence-electron chi connectivity index (χ0n) is 10.5. The Hall–Kier alpha value is -1.14. The lowest BCUT2D eigenvalue weighted by molar-refractivity contribution is -0.121. The molecule has 2 rings (SSSR count). The molecule has 0 aliphatic carbocycles. The fraction of sp³-hybridized carbons (Fsp3) is 0.417. The Bertz CT molecular complexity index is 599. The molecule has 1 amide bonds. The number of alkyl halides is 1. The molecule has 0 bridgehead atoms. The minimum atomic E-state index is -0.0581. The summed E-state index contributed by atoms with van der Waals surface area (Å²) in [6.07, 6.45) is 2.59. The smallest absolute Gasteiger partial charge is 0.240 e. The second-order valence-corrected chi connectivity index (χ2v) is 5.28. The minimum Gasteiger partial charge on any atom is -0.355 e. The molecule has 2 aromatic rings. The molecule has 5 nitrogen and oxygen atoms in total. The summed E-state index contributed by atoms with van der Waals surface area (Å²) in [5.41, 5.74) is 1.40. The van der Waals surface area contributed by atoms with Gasteiger partial charge in [-0.1, -0.05) is 6.92 Å². The molecule has 1 N–H and O–H groups in total. The van der Waals surface area contributed by atoms with E-state index in [9.17, 15) is 4.79 Å². The maximum absolute atomic E-state index is 11.8. The van der Waals surface area contributed by atoms with Crippen LogP contribution in [0.25, 0.3) is 11.2 Å².